The molecule has 0 aliphatic rings. The number of phosphoric acid groups is 2. The van der Waals surface area contributed by atoms with Crippen molar-refractivity contribution in [3.63, 3.8) is 0 Å². The van der Waals surface area contributed by atoms with Gasteiger partial charge in [-0.2, -0.15) is 0 Å². The number of carbonyl (C=O) groups is 4. The summed E-state index contributed by atoms with van der Waals surface area (Å²) in [4.78, 5) is 72.9. The van der Waals surface area contributed by atoms with E-state index in [2.05, 4.69) is 167 Å². The summed E-state index contributed by atoms with van der Waals surface area (Å²) in [6.45, 7) is 4.41. The number of carbonyl (C=O) groups excluding carboxylic acids is 4. The number of phosphoric ester groups is 2. The Bertz CT molecular complexity index is 2640. The van der Waals surface area contributed by atoms with Gasteiger partial charge in [-0.15, -0.1) is 0 Å². The lowest BCUT2D eigenvalue weighted by Gasteiger charge is -2.21. The topological polar surface area (TPSA) is 237 Å². The van der Waals surface area contributed by atoms with Crippen LogP contribution >= 0.6 is 15.6 Å². The molecule has 0 aromatic rings. The van der Waals surface area contributed by atoms with E-state index in [0.29, 0.717) is 38.5 Å². The Morgan fingerprint density at radius 3 is 0.894 bits per heavy atom. The highest BCUT2D eigenvalue weighted by Gasteiger charge is 2.30. The number of ether oxygens (including phenoxy) is 4. The van der Waals surface area contributed by atoms with Crippen molar-refractivity contribution in [2.75, 3.05) is 39.6 Å². The zero-order chi connectivity index (χ0) is 76.0. The summed E-state index contributed by atoms with van der Waals surface area (Å²) in [7, 11) is -10.0. The Morgan fingerprint density at radius 2 is 0.529 bits per heavy atom. The first-order chi connectivity index (χ1) is 50.7. The summed E-state index contributed by atoms with van der Waals surface area (Å²) in [5, 5.41) is 10.6. The van der Waals surface area contributed by atoms with E-state index in [-0.39, 0.29) is 25.7 Å². The number of aliphatic hydroxyl groups is 1. The van der Waals surface area contributed by atoms with Gasteiger partial charge in [0.25, 0.3) is 0 Å². The van der Waals surface area contributed by atoms with E-state index < -0.39 is 97.5 Å². The average Bonchev–Trinajstić information content (AvgIpc) is 0.911. The summed E-state index contributed by atoms with van der Waals surface area (Å²) in [5.74, 6) is -2.38. The summed E-state index contributed by atoms with van der Waals surface area (Å²) in [5.41, 5.74) is 0. The van der Waals surface area contributed by atoms with Gasteiger partial charge in [0.2, 0.25) is 0 Å². The normalized spacial score (nSPS) is 14.8. The fraction of sp³-hybridized carbons (Fsp3) is 0.624. The average molecular weight is 1490 g/mol. The van der Waals surface area contributed by atoms with Crippen LogP contribution in [-0.2, 0) is 65.4 Å². The van der Waals surface area contributed by atoms with E-state index >= 15 is 0 Å². The van der Waals surface area contributed by atoms with Crippen LogP contribution in [0.25, 0.3) is 0 Å². The summed E-state index contributed by atoms with van der Waals surface area (Å²) < 4.78 is 68.4. The predicted molar refractivity (Wildman–Crippen MR) is 426 cm³/mol. The molecular weight excluding hydrogens is 1350 g/mol. The number of rotatable bonds is 72. The highest BCUT2D eigenvalue weighted by molar-refractivity contribution is 7.47. The molecule has 590 valence electrons. The second-order valence-corrected chi connectivity index (χ2v) is 28.4. The second kappa shape index (κ2) is 75.6. The Labute approximate surface area is 629 Å². The zero-order valence-electron chi connectivity index (χ0n) is 64.4. The number of allylic oxidation sites excluding steroid dienone is 28. The van der Waals surface area contributed by atoms with Crippen molar-refractivity contribution in [1.29, 1.82) is 0 Å². The third-order valence-corrected chi connectivity index (χ3v) is 17.6. The number of unbranched alkanes of at least 4 members (excludes halogenated alkanes) is 18. The Morgan fingerprint density at radius 1 is 0.279 bits per heavy atom. The van der Waals surface area contributed by atoms with Gasteiger partial charge in [0.1, 0.15) is 19.3 Å². The molecular formula is C85H138O17P2. The van der Waals surface area contributed by atoms with Crippen LogP contribution in [0.3, 0.4) is 0 Å². The first-order valence-corrected chi connectivity index (χ1v) is 42.4. The highest BCUT2D eigenvalue weighted by Crippen LogP contribution is 2.45. The first-order valence-electron chi connectivity index (χ1n) is 39.4. The molecule has 0 aliphatic heterocycles. The molecule has 19 heteroatoms. The minimum Gasteiger partial charge on any atom is -0.462 e. The van der Waals surface area contributed by atoms with Gasteiger partial charge in [-0.1, -0.05) is 268 Å². The molecule has 104 heavy (non-hydrogen) atoms. The molecule has 3 N–H and O–H groups in total. The third kappa shape index (κ3) is 74.7. The summed E-state index contributed by atoms with van der Waals surface area (Å²) >= 11 is 0. The van der Waals surface area contributed by atoms with Crippen LogP contribution < -0.4 is 0 Å². The van der Waals surface area contributed by atoms with Crippen molar-refractivity contribution in [1.82, 2.24) is 0 Å². The molecule has 5 atom stereocenters. The largest absolute Gasteiger partial charge is 0.472 e. The van der Waals surface area contributed by atoms with E-state index in [1.54, 1.807) is 0 Å². The van der Waals surface area contributed by atoms with Crippen molar-refractivity contribution in [3.05, 3.63) is 170 Å². The fourth-order valence-electron chi connectivity index (χ4n) is 9.72. The minimum atomic E-state index is -5.02. The van der Waals surface area contributed by atoms with Gasteiger partial charge in [0, 0.05) is 25.7 Å². The molecule has 0 aromatic heterocycles. The molecule has 0 bridgehead atoms. The summed E-state index contributed by atoms with van der Waals surface area (Å²) in [6.07, 6.45) is 89.3. The molecule has 0 fully saturated rings. The summed E-state index contributed by atoms with van der Waals surface area (Å²) in [6, 6.07) is 0. The van der Waals surface area contributed by atoms with Crippen molar-refractivity contribution in [3.8, 4) is 0 Å². The van der Waals surface area contributed by atoms with E-state index in [9.17, 15) is 43.2 Å². The molecule has 0 spiro atoms. The molecule has 0 rings (SSSR count). The first kappa shape index (κ1) is 98.4. The van der Waals surface area contributed by atoms with Crippen molar-refractivity contribution >= 4 is 39.5 Å². The van der Waals surface area contributed by atoms with Gasteiger partial charge in [-0.05, 0) is 161 Å². The second-order valence-electron chi connectivity index (χ2n) is 25.5. The monoisotopic (exact) mass is 1490 g/mol. The predicted octanol–water partition coefficient (Wildman–Crippen LogP) is 23.0. The third-order valence-electron chi connectivity index (χ3n) is 15.7. The van der Waals surface area contributed by atoms with Crippen LogP contribution in [0, 0.1) is 0 Å². The standard InChI is InChI=1S/C85H138O17P2/c1-5-9-13-17-21-25-29-33-36-38-39-41-43-47-50-54-58-62-66-70-83(88)96-76-81(102-85(90)72-68-64-60-56-52-48-44-40-37-34-30-26-22-18-14-10-6-2)78-100-104(93,94)98-74-79(86)73-97-103(91,92)99-77-80(101-84(89)71-67-63-59-55-51-45-32-28-24-20-16-12-8-4)75-95-82(87)69-65-61-57-53-49-46-42-35-31-27-23-19-15-11-7-3/h9-10,13-14,21-23,25-28,32-37,39,41-42,44,47-48,50,56,58,60,62,79-81,86H,5-8,11-12,15-20,24,29-31,38,40,43,45-46,49,51-55,57,59,61,63-78H2,1-4H3,(H,91,92)(H,93,94)/b13-9-,14-10-,25-21-,26-22-,27-23-,32-28-,36-33-,37-34-,41-39-,42-35-,48-44-,50-47-,60-56-,62-58-. The lowest BCUT2D eigenvalue weighted by Crippen LogP contribution is -2.30. The SMILES string of the molecule is CC/C=C\C/C=C\C/C=C\C/C=C\C/C=C\C/C=C\CCC(=O)OCC(COP(=O)(O)OCC(O)COP(=O)(O)OCC(COC(=O)CCCCCCC/C=C\C/C=C\CCCCC)OC(=O)CCCCCCC/C=C\CCCCCC)OC(=O)CCC/C=C\C/C=C\C/C=C\C/C=C\C/C=C\CC. The van der Waals surface area contributed by atoms with Gasteiger partial charge in [-0.3, -0.25) is 37.3 Å². The quantitative estimate of drug-likeness (QED) is 0.0169. The minimum absolute atomic E-state index is 0.00605. The maximum Gasteiger partial charge on any atom is 0.472 e. The van der Waals surface area contributed by atoms with E-state index in [1.165, 1.54) is 44.9 Å². The molecule has 0 radical (unpaired) electrons. The van der Waals surface area contributed by atoms with E-state index in [4.69, 9.17) is 37.0 Å². The molecule has 0 amide bonds. The van der Waals surface area contributed by atoms with Crippen LogP contribution in [0.1, 0.15) is 285 Å². The Hall–Kier alpha value is -5.58. The van der Waals surface area contributed by atoms with Gasteiger partial charge in [0.15, 0.2) is 12.2 Å². The number of esters is 4. The number of hydrogen-bond acceptors (Lipinski definition) is 15. The molecule has 17 nitrogen and oxygen atoms in total. The number of hydrogen-bond donors (Lipinski definition) is 3. The zero-order valence-corrected chi connectivity index (χ0v) is 66.2. The van der Waals surface area contributed by atoms with Crippen LogP contribution in [0.5, 0.6) is 0 Å². The lowest BCUT2D eigenvalue weighted by atomic mass is 10.1. The maximum atomic E-state index is 13.1. The fourth-order valence-corrected chi connectivity index (χ4v) is 11.3. The van der Waals surface area contributed by atoms with Crippen molar-refractivity contribution < 1.29 is 80.2 Å². The lowest BCUT2D eigenvalue weighted by molar-refractivity contribution is -0.161. The molecule has 0 saturated heterocycles. The number of aliphatic hydroxyl groups excluding tert-OH is 1. The van der Waals surface area contributed by atoms with Crippen molar-refractivity contribution in [2.24, 2.45) is 0 Å². The highest BCUT2D eigenvalue weighted by atomic mass is 31.2. The van der Waals surface area contributed by atoms with Crippen LogP contribution in [0.4, 0.5) is 0 Å². The smallest absolute Gasteiger partial charge is 0.462 e. The molecule has 0 heterocycles. The molecule has 5 unspecified atom stereocenters. The molecule has 0 aliphatic carbocycles. The van der Waals surface area contributed by atoms with E-state index in [0.717, 1.165) is 148 Å². The Kier molecular flexibility index (Phi) is 71.6. The van der Waals surface area contributed by atoms with Crippen molar-refractivity contribution in [2.45, 2.75) is 303 Å². The van der Waals surface area contributed by atoms with Gasteiger partial charge in [0.05, 0.1) is 26.4 Å². The van der Waals surface area contributed by atoms with Crippen LogP contribution in [-0.4, -0.2) is 96.7 Å². The van der Waals surface area contributed by atoms with Gasteiger partial charge < -0.3 is 33.8 Å². The Balaban J connectivity index is 5.51. The van der Waals surface area contributed by atoms with Gasteiger partial charge in [-0.25, -0.2) is 9.13 Å². The maximum absolute atomic E-state index is 13.1. The van der Waals surface area contributed by atoms with Crippen LogP contribution in [0.2, 0.25) is 0 Å². The van der Waals surface area contributed by atoms with E-state index in [1.807, 2.05) is 30.4 Å². The molecule has 0 aromatic carbocycles. The molecule has 0 saturated carbocycles. The van der Waals surface area contributed by atoms with Crippen LogP contribution in [0.15, 0.2) is 170 Å². The van der Waals surface area contributed by atoms with Gasteiger partial charge >= 0.3 is 39.5 Å².